The monoisotopic (exact) mass is 224 g/mol. The first-order valence-corrected chi connectivity index (χ1v) is 7.14. The smallest absolute Gasteiger partial charge is 0.0649 e. The zero-order valence-corrected chi connectivity index (χ0v) is 10.2. The van der Waals surface area contributed by atoms with Crippen LogP contribution in [0.15, 0.2) is 30.3 Å². The molecule has 76 valence electrons. The molecule has 0 atom stereocenters. The number of rotatable bonds is 3. The normalized spacial score (nSPS) is 19.8. The van der Waals surface area contributed by atoms with Crippen molar-refractivity contribution in [2.24, 2.45) is 0 Å². The van der Waals surface area contributed by atoms with Crippen LogP contribution in [0.25, 0.3) is 0 Å². The molecule has 1 aromatic carbocycles. The van der Waals surface area contributed by atoms with Crippen molar-refractivity contribution in [2.45, 2.75) is 23.8 Å². The van der Waals surface area contributed by atoms with Crippen molar-refractivity contribution in [3.8, 4) is 0 Å². The van der Waals surface area contributed by atoms with Gasteiger partial charge in [-0.05, 0) is 18.4 Å². The van der Waals surface area contributed by atoms with Crippen LogP contribution in [-0.4, -0.2) is 15.6 Å². The minimum atomic E-state index is 0.474. The van der Waals surface area contributed by atoms with Gasteiger partial charge in [0.05, 0.1) is 4.08 Å². The third-order valence-electron chi connectivity index (χ3n) is 2.67. The van der Waals surface area contributed by atoms with E-state index in [0.717, 1.165) is 0 Å². The van der Waals surface area contributed by atoms with E-state index in [1.807, 2.05) is 0 Å². The standard InChI is InChI=1S/C12H16S2/c1-2-12(13-8-9-14-12)10-11-6-4-3-5-7-11/h3-7H,2,8-10H2,1H3. The Kier molecular flexibility index (Phi) is 3.45. The lowest BCUT2D eigenvalue weighted by molar-refractivity contribution is 0.767. The van der Waals surface area contributed by atoms with Crippen molar-refractivity contribution in [3.63, 3.8) is 0 Å². The second kappa shape index (κ2) is 4.63. The number of hydrogen-bond acceptors (Lipinski definition) is 2. The highest BCUT2D eigenvalue weighted by Crippen LogP contribution is 2.48. The van der Waals surface area contributed by atoms with E-state index in [4.69, 9.17) is 0 Å². The van der Waals surface area contributed by atoms with Crippen molar-refractivity contribution >= 4 is 23.5 Å². The molecule has 1 aliphatic rings. The summed E-state index contributed by atoms with van der Waals surface area (Å²) in [5, 5.41) is 0. The van der Waals surface area contributed by atoms with Crippen LogP contribution in [0, 0.1) is 0 Å². The first kappa shape index (κ1) is 10.4. The van der Waals surface area contributed by atoms with E-state index in [1.54, 1.807) is 0 Å². The van der Waals surface area contributed by atoms with E-state index in [1.165, 1.54) is 29.9 Å². The van der Waals surface area contributed by atoms with Gasteiger partial charge in [0, 0.05) is 11.5 Å². The average Bonchev–Trinajstić information content (AvgIpc) is 2.69. The summed E-state index contributed by atoms with van der Waals surface area (Å²) in [7, 11) is 0. The Labute approximate surface area is 94.9 Å². The van der Waals surface area contributed by atoms with Gasteiger partial charge in [-0.3, -0.25) is 0 Å². The molecular formula is C12H16S2. The number of thioether (sulfide) groups is 2. The molecule has 2 rings (SSSR count). The van der Waals surface area contributed by atoms with Crippen molar-refractivity contribution in [2.75, 3.05) is 11.5 Å². The van der Waals surface area contributed by atoms with Gasteiger partial charge >= 0.3 is 0 Å². The molecule has 1 heterocycles. The minimum Gasteiger partial charge on any atom is -0.143 e. The summed E-state index contributed by atoms with van der Waals surface area (Å²) >= 11 is 4.30. The predicted molar refractivity (Wildman–Crippen MR) is 68.1 cm³/mol. The maximum absolute atomic E-state index is 2.31. The molecule has 1 fully saturated rings. The van der Waals surface area contributed by atoms with Crippen LogP contribution in [-0.2, 0) is 6.42 Å². The van der Waals surface area contributed by atoms with Gasteiger partial charge in [0.1, 0.15) is 0 Å². The molecule has 0 nitrogen and oxygen atoms in total. The van der Waals surface area contributed by atoms with E-state index in [0.29, 0.717) is 4.08 Å². The van der Waals surface area contributed by atoms with Crippen LogP contribution >= 0.6 is 23.5 Å². The fraction of sp³-hybridized carbons (Fsp3) is 0.500. The Bertz CT molecular complexity index is 276. The van der Waals surface area contributed by atoms with Crippen LogP contribution in [0.5, 0.6) is 0 Å². The fourth-order valence-electron chi connectivity index (χ4n) is 1.84. The molecule has 0 radical (unpaired) electrons. The van der Waals surface area contributed by atoms with Crippen molar-refractivity contribution in [3.05, 3.63) is 35.9 Å². The van der Waals surface area contributed by atoms with Crippen LogP contribution in [0.1, 0.15) is 18.9 Å². The van der Waals surface area contributed by atoms with Crippen molar-refractivity contribution in [1.82, 2.24) is 0 Å². The lowest BCUT2D eigenvalue weighted by atomic mass is 10.1. The van der Waals surface area contributed by atoms with Gasteiger partial charge in [-0.2, -0.15) is 0 Å². The van der Waals surface area contributed by atoms with E-state index in [-0.39, 0.29) is 0 Å². The summed E-state index contributed by atoms with van der Waals surface area (Å²) in [5.74, 6) is 2.65. The second-order valence-electron chi connectivity index (χ2n) is 3.62. The van der Waals surface area contributed by atoms with E-state index in [2.05, 4.69) is 60.8 Å². The minimum absolute atomic E-state index is 0.474. The summed E-state index contributed by atoms with van der Waals surface area (Å²) in [6.07, 6.45) is 2.50. The van der Waals surface area contributed by atoms with E-state index < -0.39 is 0 Å². The van der Waals surface area contributed by atoms with Gasteiger partial charge in [0.2, 0.25) is 0 Å². The van der Waals surface area contributed by atoms with Crippen LogP contribution in [0.3, 0.4) is 0 Å². The number of hydrogen-bond donors (Lipinski definition) is 0. The maximum atomic E-state index is 2.31. The molecule has 0 aromatic heterocycles. The van der Waals surface area contributed by atoms with Crippen LogP contribution < -0.4 is 0 Å². The number of benzene rings is 1. The van der Waals surface area contributed by atoms with Gasteiger partial charge < -0.3 is 0 Å². The average molecular weight is 224 g/mol. The molecular weight excluding hydrogens is 208 g/mol. The highest BCUT2D eigenvalue weighted by Gasteiger charge is 2.33. The van der Waals surface area contributed by atoms with Crippen LogP contribution in [0.4, 0.5) is 0 Å². The molecule has 1 aromatic rings. The van der Waals surface area contributed by atoms with E-state index >= 15 is 0 Å². The Morgan fingerprint density at radius 3 is 2.36 bits per heavy atom. The zero-order valence-electron chi connectivity index (χ0n) is 8.53. The summed E-state index contributed by atoms with van der Waals surface area (Å²) in [5.41, 5.74) is 1.48. The van der Waals surface area contributed by atoms with Crippen LogP contribution in [0.2, 0.25) is 0 Å². The van der Waals surface area contributed by atoms with E-state index in [9.17, 15) is 0 Å². The lowest BCUT2D eigenvalue weighted by Crippen LogP contribution is -2.18. The largest absolute Gasteiger partial charge is 0.143 e. The van der Waals surface area contributed by atoms with Crippen molar-refractivity contribution < 1.29 is 0 Å². The predicted octanol–water partition coefficient (Wildman–Crippen LogP) is 3.82. The van der Waals surface area contributed by atoms with Gasteiger partial charge in [-0.1, -0.05) is 37.3 Å². The van der Waals surface area contributed by atoms with Crippen molar-refractivity contribution in [1.29, 1.82) is 0 Å². The molecule has 2 heteroatoms. The summed E-state index contributed by atoms with van der Waals surface area (Å²) in [6, 6.07) is 10.9. The maximum Gasteiger partial charge on any atom is 0.0649 e. The molecule has 1 saturated heterocycles. The third kappa shape index (κ3) is 2.29. The topological polar surface area (TPSA) is 0 Å². The van der Waals surface area contributed by atoms with Gasteiger partial charge in [-0.25, -0.2) is 0 Å². The Hall–Kier alpha value is -0.0800. The van der Waals surface area contributed by atoms with Gasteiger partial charge in [0.15, 0.2) is 0 Å². The molecule has 0 saturated carbocycles. The molecule has 14 heavy (non-hydrogen) atoms. The third-order valence-corrected chi connectivity index (χ3v) is 6.37. The first-order valence-electron chi connectivity index (χ1n) is 5.16. The Balaban J connectivity index is 2.08. The molecule has 1 aliphatic heterocycles. The molecule has 0 amide bonds. The highest BCUT2D eigenvalue weighted by atomic mass is 32.2. The molecule has 0 bridgehead atoms. The first-order chi connectivity index (χ1) is 6.85. The lowest BCUT2D eigenvalue weighted by Gasteiger charge is -2.25. The molecule has 0 N–H and O–H groups in total. The summed E-state index contributed by atoms with van der Waals surface area (Å²) in [6.45, 7) is 2.31. The summed E-state index contributed by atoms with van der Waals surface area (Å²) < 4.78 is 0.474. The fourth-order valence-corrected chi connectivity index (χ4v) is 5.02. The SMILES string of the molecule is CCC1(Cc2ccccc2)SCCS1. The Morgan fingerprint density at radius 1 is 1.14 bits per heavy atom. The van der Waals surface area contributed by atoms with Gasteiger partial charge in [-0.15, -0.1) is 23.5 Å². The highest BCUT2D eigenvalue weighted by molar-refractivity contribution is 8.21. The zero-order chi connectivity index (χ0) is 9.86. The quantitative estimate of drug-likeness (QED) is 0.765. The molecule has 0 unspecified atom stereocenters. The summed E-state index contributed by atoms with van der Waals surface area (Å²) in [4.78, 5) is 0. The molecule has 0 aliphatic carbocycles. The Morgan fingerprint density at radius 2 is 1.79 bits per heavy atom. The second-order valence-corrected chi connectivity index (χ2v) is 6.84. The van der Waals surface area contributed by atoms with Gasteiger partial charge in [0.25, 0.3) is 0 Å². The molecule has 0 spiro atoms.